The molecule has 0 N–H and O–H groups in total. The largest absolute Gasteiger partial charge is 0.519 e. The molecule has 1 aliphatic heterocycles. The van der Waals surface area contributed by atoms with Gasteiger partial charge in [0.2, 0.25) is 0 Å². The second-order valence-corrected chi connectivity index (χ2v) is 6.35. The Hall–Kier alpha value is -1.30. The molecular weight excluding hydrogens is 264 g/mol. The molecular formula is C14H26O6. The summed E-state index contributed by atoms with van der Waals surface area (Å²) in [5, 5.41) is 0. The first kappa shape index (κ1) is 18.7. The maximum atomic E-state index is 11.0. The maximum Gasteiger partial charge on any atom is 0.519 e. The van der Waals surface area contributed by atoms with E-state index in [-0.39, 0.29) is 0 Å². The summed E-state index contributed by atoms with van der Waals surface area (Å²) in [6, 6.07) is 0. The third-order valence-electron chi connectivity index (χ3n) is 1.77. The first-order valence-corrected chi connectivity index (χ1v) is 6.71. The monoisotopic (exact) mass is 290 g/mol. The number of carbonyl (C=O) groups excluding carboxylic acids is 2. The standard InChI is InChI=1S/C10H18O5.C4H8O/c1-9(2,3)14-7(11)13-8(12)15-10(4,5)6;1-2-4-5-3-1/h1-6H3;1-4H2. The molecule has 20 heavy (non-hydrogen) atoms. The van der Waals surface area contributed by atoms with E-state index in [4.69, 9.17) is 14.2 Å². The fourth-order valence-corrected chi connectivity index (χ4v) is 1.12. The van der Waals surface area contributed by atoms with Gasteiger partial charge in [0.1, 0.15) is 11.2 Å². The van der Waals surface area contributed by atoms with Crippen LogP contribution in [-0.4, -0.2) is 36.7 Å². The van der Waals surface area contributed by atoms with Gasteiger partial charge in [-0.3, -0.25) is 0 Å². The molecule has 6 heteroatoms. The van der Waals surface area contributed by atoms with Crippen LogP contribution in [0.25, 0.3) is 0 Å². The Labute approximate surface area is 120 Å². The topological polar surface area (TPSA) is 71.1 Å². The second-order valence-electron chi connectivity index (χ2n) is 6.35. The summed E-state index contributed by atoms with van der Waals surface area (Å²) < 4.78 is 18.7. The molecule has 0 amide bonds. The SMILES string of the molecule is C1CCOC1.CC(C)(C)OC(=O)OC(=O)OC(C)(C)C. The van der Waals surface area contributed by atoms with Crippen LogP contribution in [-0.2, 0) is 18.9 Å². The highest BCUT2D eigenvalue weighted by Crippen LogP contribution is 2.11. The Bertz CT molecular complexity index is 273. The highest BCUT2D eigenvalue weighted by molar-refractivity contribution is 5.77. The molecule has 0 spiro atoms. The van der Waals surface area contributed by atoms with Crippen molar-refractivity contribution in [3.63, 3.8) is 0 Å². The van der Waals surface area contributed by atoms with Gasteiger partial charge in [-0.05, 0) is 54.4 Å². The van der Waals surface area contributed by atoms with E-state index in [1.54, 1.807) is 41.5 Å². The molecule has 0 aromatic rings. The summed E-state index contributed by atoms with van der Waals surface area (Å²) in [5.41, 5.74) is -1.39. The fourth-order valence-electron chi connectivity index (χ4n) is 1.12. The van der Waals surface area contributed by atoms with E-state index >= 15 is 0 Å². The zero-order valence-corrected chi connectivity index (χ0v) is 13.3. The van der Waals surface area contributed by atoms with Crippen LogP contribution in [0, 0.1) is 0 Å². The fraction of sp³-hybridized carbons (Fsp3) is 0.857. The van der Waals surface area contributed by atoms with Crippen molar-refractivity contribution < 1.29 is 28.5 Å². The molecule has 0 atom stereocenters. The third-order valence-corrected chi connectivity index (χ3v) is 1.77. The summed E-state index contributed by atoms with van der Waals surface area (Å²) in [5.74, 6) is 0. The van der Waals surface area contributed by atoms with E-state index in [0.29, 0.717) is 0 Å². The number of hydrogen-bond acceptors (Lipinski definition) is 6. The van der Waals surface area contributed by atoms with Gasteiger partial charge in [0.05, 0.1) is 0 Å². The highest BCUT2D eigenvalue weighted by Gasteiger charge is 2.24. The van der Waals surface area contributed by atoms with Gasteiger partial charge in [0.25, 0.3) is 0 Å². The van der Waals surface area contributed by atoms with E-state index in [9.17, 15) is 9.59 Å². The van der Waals surface area contributed by atoms with Crippen molar-refractivity contribution in [2.75, 3.05) is 13.2 Å². The molecule has 0 bridgehead atoms. The number of hydrogen-bond donors (Lipinski definition) is 0. The van der Waals surface area contributed by atoms with E-state index < -0.39 is 23.5 Å². The average molecular weight is 290 g/mol. The lowest BCUT2D eigenvalue weighted by molar-refractivity contribution is -0.0293. The number of ether oxygens (including phenoxy) is 4. The van der Waals surface area contributed by atoms with Gasteiger partial charge < -0.3 is 18.9 Å². The molecule has 1 rings (SSSR count). The Morgan fingerprint density at radius 1 is 0.800 bits per heavy atom. The lowest BCUT2D eigenvalue weighted by Gasteiger charge is -2.20. The summed E-state index contributed by atoms with van der Waals surface area (Å²) in [4.78, 5) is 22.0. The summed E-state index contributed by atoms with van der Waals surface area (Å²) >= 11 is 0. The molecule has 0 aromatic carbocycles. The molecule has 0 radical (unpaired) electrons. The van der Waals surface area contributed by atoms with Crippen molar-refractivity contribution in [3.8, 4) is 0 Å². The quantitative estimate of drug-likeness (QED) is 0.500. The van der Waals surface area contributed by atoms with Gasteiger partial charge in [-0.1, -0.05) is 0 Å². The van der Waals surface area contributed by atoms with Gasteiger partial charge in [0.15, 0.2) is 0 Å². The van der Waals surface area contributed by atoms with Crippen LogP contribution in [0.4, 0.5) is 9.59 Å². The second kappa shape index (κ2) is 8.09. The minimum Gasteiger partial charge on any atom is -0.428 e. The molecule has 6 nitrogen and oxygen atoms in total. The van der Waals surface area contributed by atoms with E-state index in [2.05, 4.69) is 4.74 Å². The normalized spacial score (nSPS) is 14.9. The first-order valence-electron chi connectivity index (χ1n) is 6.71. The molecule has 0 aromatic heterocycles. The summed E-state index contributed by atoms with van der Waals surface area (Å²) in [6.07, 6.45) is 0.438. The molecule has 0 saturated carbocycles. The number of carbonyl (C=O) groups is 2. The Kier molecular flexibility index (Phi) is 7.57. The predicted octanol–water partition coefficient (Wildman–Crippen LogP) is 3.67. The van der Waals surface area contributed by atoms with Crippen molar-refractivity contribution in [2.45, 2.75) is 65.6 Å². The zero-order chi connectivity index (χ0) is 15.8. The van der Waals surface area contributed by atoms with Gasteiger partial charge in [0, 0.05) is 13.2 Å². The van der Waals surface area contributed by atoms with Gasteiger partial charge >= 0.3 is 12.3 Å². The molecule has 0 aliphatic carbocycles. The third kappa shape index (κ3) is 13.1. The van der Waals surface area contributed by atoms with Crippen LogP contribution in [0.3, 0.4) is 0 Å². The zero-order valence-electron chi connectivity index (χ0n) is 13.3. The van der Waals surface area contributed by atoms with E-state index in [0.717, 1.165) is 13.2 Å². The Morgan fingerprint density at radius 2 is 1.15 bits per heavy atom. The predicted molar refractivity (Wildman–Crippen MR) is 73.6 cm³/mol. The van der Waals surface area contributed by atoms with E-state index in [1.165, 1.54) is 12.8 Å². The first-order chi connectivity index (χ1) is 8.99. The number of rotatable bonds is 0. The molecule has 1 aliphatic rings. The van der Waals surface area contributed by atoms with Crippen molar-refractivity contribution in [2.24, 2.45) is 0 Å². The molecule has 1 heterocycles. The van der Waals surface area contributed by atoms with Gasteiger partial charge in [-0.2, -0.15) is 0 Å². The van der Waals surface area contributed by atoms with Gasteiger partial charge in [-0.25, -0.2) is 9.59 Å². The van der Waals surface area contributed by atoms with Crippen LogP contribution in [0.15, 0.2) is 0 Å². The van der Waals surface area contributed by atoms with Gasteiger partial charge in [-0.15, -0.1) is 0 Å². The van der Waals surface area contributed by atoms with E-state index in [1.807, 2.05) is 0 Å². The smallest absolute Gasteiger partial charge is 0.428 e. The van der Waals surface area contributed by atoms with Crippen LogP contribution in [0.2, 0.25) is 0 Å². The van der Waals surface area contributed by atoms with Crippen molar-refractivity contribution in [3.05, 3.63) is 0 Å². The molecule has 1 saturated heterocycles. The molecule has 118 valence electrons. The lowest BCUT2D eigenvalue weighted by Crippen LogP contribution is -2.29. The molecule has 1 fully saturated rings. The van der Waals surface area contributed by atoms with Crippen LogP contribution in [0.1, 0.15) is 54.4 Å². The Balaban J connectivity index is 0.000000595. The van der Waals surface area contributed by atoms with Crippen molar-refractivity contribution >= 4 is 12.3 Å². The maximum absolute atomic E-state index is 11.0. The minimum absolute atomic E-state index is 0.695. The van der Waals surface area contributed by atoms with Crippen LogP contribution >= 0.6 is 0 Å². The van der Waals surface area contributed by atoms with Crippen LogP contribution in [0.5, 0.6) is 0 Å². The van der Waals surface area contributed by atoms with Crippen molar-refractivity contribution in [1.29, 1.82) is 0 Å². The highest BCUT2D eigenvalue weighted by atomic mass is 16.8. The van der Waals surface area contributed by atoms with Crippen molar-refractivity contribution in [1.82, 2.24) is 0 Å². The minimum atomic E-state index is -1.06. The Morgan fingerprint density at radius 3 is 1.35 bits per heavy atom. The van der Waals surface area contributed by atoms with Crippen LogP contribution < -0.4 is 0 Å². The molecule has 0 unspecified atom stereocenters. The summed E-state index contributed by atoms with van der Waals surface area (Å²) in [7, 11) is 0. The lowest BCUT2D eigenvalue weighted by atomic mass is 10.2. The average Bonchev–Trinajstić information content (AvgIpc) is 2.66. The summed E-state index contributed by atoms with van der Waals surface area (Å²) in [6.45, 7) is 12.0.